The first-order chi connectivity index (χ1) is 27.9. The molecule has 3 N–H and O–H groups in total. The summed E-state index contributed by atoms with van der Waals surface area (Å²) in [5.41, 5.74) is -0.291. The molecular weight excluding hydrogens is 786 g/mol. The Morgan fingerprint density at radius 3 is 2.39 bits per heavy atom. The van der Waals surface area contributed by atoms with E-state index in [1.165, 1.54) is 6.07 Å². The zero-order chi connectivity index (χ0) is 42.8. The highest BCUT2D eigenvalue weighted by atomic mass is 32.1. The maximum absolute atomic E-state index is 13.8. The molecule has 3 aliphatic rings. The van der Waals surface area contributed by atoms with Crippen molar-refractivity contribution in [2.24, 2.45) is 0 Å². The van der Waals surface area contributed by atoms with Gasteiger partial charge in [0.15, 0.2) is 5.11 Å². The van der Waals surface area contributed by atoms with Crippen LogP contribution in [0.1, 0.15) is 64.2 Å². The van der Waals surface area contributed by atoms with Crippen LogP contribution in [0.5, 0.6) is 5.75 Å². The lowest BCUT2D eigenvalue weighted by Gasteiger charge is -2.43. The summed E-state index contributed by atoms with van der Waals surface area (Å²) < 4.78 is 47.7. The second kappa shape index (κ2) is 17.3. The second-order valence-corrected chi connectivity index (χ2v) is 15.9. The monoisotopic (exact) mass is 832 g/mol. The minimum Gasteiger partial charge on any atom is -0.492 e. The van der Waals surface area contributed by atoms with Gasteiger partial charge in [-0.05, 0) is 113 Å². The molecule has 6 rings (SSSR count). The molecule has 0 spiro atoms. The molecule has 0 aromatic heterocycles. The molecule has 0 aliphatic carbocycles. The van der Waals surface area contributed by atoms with Gasteiger partial charge in [0.1, 0.15) is 23.9 Å². The number of nitrogens with one attached hydrogen (secondary N) is 3. The number of nitrogens with zero attached hydrogens (tertiary/aromatic N) is 5. The van der Waals surface area contributed by atoms with Crippen LogP contribution in [-0.2, 0) is 31.8 Å². The number of anilines is 4. The van der Waals surface area contributed by atoms with Crippen molar-refractivity contribution in [2.75, 3.05) is 53.2 Å². The van der Waals surface area contributed by atoms with Gasteiger partial charge in [-0.15, -0.1) is 0 Å². The molecule has 0 radical (unpaired) electrons. The molecule has 0 bridgehead atoms. The first-order valence-electron chi connectivity index (χ1n) is 19.4. The molecule has 13 nitrogen and oxygen atoms in total. The maximum Gasteiger partial charge on any atom is 0.417 e. The van der Waals surface area contributed by atoms with E-state index in [0.29, 0.717) is 55.3 Å². The Kier molecular flexibility index (Phi) is 12.6. The molecule has 3 saturated heterocycles. The molecule has 3 heterocycles. The number of hydrogen-bond acceptors (Lipinski definition) is 10. The van der Waals surface area contributed by atoms with Crippen LogP contribution in [0.25, 0.3) is 0 Å². The van der Waals surface area contributed by atoms with Crippen LogP contribution >= 0.6 is 12.2 Å². The summed E-state index contributed by atoms with van der Waals surface area (Å²) in [5.74, 6) is -0.654. The quantitative estimate of drug-likeness (QED) is 0.153. The van der Waals surface area contributed by atoms with Crippen molar-refractivity contribution < 1.29 is 37.1 Å². The van der Waals surface area contributed by atoms with Crippen LogP contribution in [0.15, 0.2) is 60.7 Å². The fourth-order valence-corrected chi connectivity index (χ4v) is 8.28. The summed E-state index contributed by atoms with van der Waals surface area (Å²) in [6, 6.07) is 17.0. The average Bonchev–Trinajstić information content (AvgIpc) is 3.35. The van der Waals surface area contributed by atoms with E-state index in [9.17, 15) is 37.6 Å². The van der Waals surface area contributed by atoms with Gasteiger partial charge >= 0.3 is 6.18 Å². The summed E-state index contributed by atoms with van der Waals surface area (Å²) in [6.07, 6.45) is -3.54. The molecule has 59 heavy (non-hydrogen) atoms. The van der Waals surface area contributed by atoms with E-state index in [1.54, 1.807) is 55.1 Å². The third-order valence-corrected chi connectivity index (χ3v) is 11.4. The number of amides is 4. The maximum atomic E-state index is 13.8. The molecular formula is C42H47F3N8O5S. The number of aryl methyl sites for hydroxylation is 1. The summed E-state index contributed by atoms with van der Waals surface area (Å²) >= 11 is 5.72. The van der Waals surface area contributed by atoms with E-state index in [-0.39, 0.29) is 53.6 Å². The topological polar surface area (TPSA) is 150 Å². The van der Waals surface area contributed by atoms with E-state index < -0.39 is 34.8 Å². The Hall–Kier alpha value is -5.57. The Balaban J connectivity index is 1.03. The second-order valence-electron chi connectivity index (χ2n) is 15.6. The van der Waals surface area contributed by atoms with Crippen molar-refractivity contribution in [1.29, 1.82) is 5.26 Å². The SMILES string of the molecule is CCc1cc(N2C(=S)N(c3ccc(C#N)c(C(F)(F)F)c3)C(=O)C2(C)C)ccc1OCCN1C[C@H](C)N(CC(=O)Nc2cccc(NC3CCC(=O)NC3=O)c2)C[C@H]1C. The first-order valence-corrected chi connectivity index (χ1v) is 19.9. The van der Waals surface area contributed by atoms with Crippen LogP contribution in [0.2, 0.25) is 0 Å². The van der Waals surface area contributed by atoms with Gasteiger partial charge in [-0.25, -0.2) is 0 Å². The number of imide groups is 1. The summed E-state index contributed by atoms with van der Waals surface area (Å²) in [7, 11) is 0. The molecule has 4 amide bonds. The smallest absolute Gasteiger partial charge is 0.417 e. The number of piperazine rings is 1. The van der Waals surface area contributed by atoms with Crippen molar-refractivity contribution in [1.82, 2.24) is 15.1 Å². The predicted molar refractivity (Wildman–Crippen MR) is 221 cm³/mol. The lowest BCUT2D eigenvalue weighted by atomic mass is 10.0. The highest BCUT2D eigenvalue weighted by Crippen LogP contribution is 2.40. The highest BCUT2D eigenvalue weighted by Gasteiger charge is 2.51. The van der Waals surface area contributed by atoms with Crippen molar-refractivity contribution in [3.8, 4) is 11.8 Å². The van der Waals surface area contributed by atoms with Crippen LogP contribution < -0.4 is 30.5 Å². The van der Waals surface area contributed by atoms with Crippen LogP contribution in [-0.4, -0.2) is 95.0 Å². The fourth-order valence-electron chi connectivity index (χ4n) is 7.76. The van der Waals surface area contributed by atoms with Crippen LogP contribution in [0.4, 0.5) is 35.9 Å². The number of hydrogen-bond donors (Lipinski definition) is 3. The molecule has 1 unspecified atom stereocenters. The number of ether oxygens (including phenoxy) is 1. The number of rotatable bonds is 12. The molecule has 17 heteroatoms. The molecule has 312 valence electrons. The molecule has 3 aliphatic heterocycles. The minimum absolute atomic E-state index is 0.0156. The van der Waals surface area contributed by atoms with Gasteiger partial charge in [0, 0.05) is 55.2 Å². The van der Waals surface area contributed by atoms with E-state index in [0.717, 1.165) is 29.1 Å². The number of halogens is 3. The van der Waals surface area contributed by atoms with Crippen molar-refractivity contribution >= 4 is 63.7 Å². The summed E-state index contributed by atoms with van der Waals surface area (Å²) in [6.45, 7) is 12.1. The Labute approximate surface area is 346 Å². The predicted octanol–water partition coefficient (Wildman–Crippen LogP) is 5.69. The summed E-state index contributed by atoms with van der Waals surface area (Å²) in [5, 5.41) is 17.7. The molecule has 3 fully saturated rings. The highest BCUT2D eigenvalue weighted by molar-refractivity contribution is 7.81. The molecule has 3 aromatic rings. The first kappa shape index (κ1) is 43.0. The average molecular weight is 833 g/mol. The third-order valence-electron chi connectivity index (χ3n) is 11.0. The number of nitriles is 1. The number of thiocarbonyl (C=S) groups is 1. The van der Waals surface area contributed by atoms with E-state index in [4.69, 9.17) is 17.0 Å². The standard InChI is InChI=1S/C42H47F3N8O5S/c1-6-27-18-32(53-40(59)52(39(57)41(53,4)5)31-11-10-28(21-46)33(20-31)42(43,44)45)12-14-35(27)58-17-16-50-22-26(3)51(23-25(50)2)24-37(55)48-30-9-7-8-29(19-30)47-34-13-15-36(54)49-38(34)56/h7-12,14,18-20,25-26,34,47H,6,13,15-17,22-24H2,1-5H3,(H,48,55)(H,49,54,56)/t25-,26+,34?/m1/s1. The molecule has 3 atom stereocenters. The van der Waals surface area contributed by atoms with Gasteiger partial charge in [0.2, 0.25) is 17.7 Å². The van der Waals surface area contributed by atoms with Gasteiger partial charge in [0.05, 0.1) is 29.4 Å². The van der Waals surface area contributed by atoms with Gasteiger partial charge in [-0.3, -0.25) is 39.2 Å². The number of carbonyl (C=O) groups is 4. The number of piperidine rings is 1. The van der Waals surface area contributed by atoms with Gasteiger partial charge in [0.25, 0.3) is 5.91 Å². The van der Waals surface area contributed by atoms with E-state index >= 15 is 0 Å². The largest absolute Gasteiger partial charge is 0.492 e. The Morgan fingerprint density at radius 1 is 1.00 bits per heavy atom. The molecule has 3 aromatic carbocycles. The Morgan fingerprint density at radius 2 is 1.69 bits per heavy atom. The number of alkyl halides is 3. The number of benzene rings is 3. The zero-order valence-electron chi connectivity index (χ0n) is 33.5. The van der Waals surface area contributed by atoms with Crippen molar-refractivity contribution in [2.45, 2.75) is 83.7 Å². The third kappa shape index (κ3) is 9.35. The zero-order valence-corrected chi connectivity index (χ0v) is 34.3. The lowest BCUT2D eigenvalue weighted by Crippen LogP contribution is -2.58. The summed E-state index contributed by atoms with van der Waals surface area (Å²) in [4.78, 5) is 57.7. The van der Waals surface area contributed by atoms with Crippen molar-refractivity contribution in [3.05, 3.63) is 77.4 Å². The van der Waals surface area contributed by atoms with Crippen LogP contribution in [0.3, 0.4) is 0 Å². The minimum atomic E-state index is -4.80. The van der Waals surface area contributed by atoms with Gasteiger partial charge in [-0.1, -0.05) is 13.0 Å². The van der Waals surface area contributed by atoms with Crippen LogP contribution in [0, 0.1) is 11.3 Å². The van der Waals surface area contributed by atoms with Gasteiger partial charge in [-0.2, -0.15) is 18.4 Å². The fraction of sp³-hybridized carbons (Fsp3) is 0.429. The Bertz CT molecular complexity index is 2190. The number of carbonyl (C=O) groups excluding carboxylic acids is 4. The lowest BCUT2D eigenvalue weighted by molar-refractivity contribution is -0.138. The van der Waals surface area contributed by atoms with E-state index in [2.05, 4.69) is 39.6 Å². The van der Waals surface area contributed by atoms with Gasteiger partial charge < -0.3 is 20.3 Å². The molecule has 0 saturated carbocycles. The van der Waals surface area contributed by atoms with E-state index in [1.807, 2.05) is 19.1 Å². The van der Waals surface area contributed by atoms with Crippen molar-refractivity contribution in [3.63, 3.8) is 0 Å². The normalized spacial score (nSPS) is 21.3.